The molecule has 0 aliphatic rings. The largest absolute Gasteiger partial charge is 0.348 e. The van der Waals surface area contributed by atoms with Gasteiger partial charge in [0.15, 0.2) is 0 Å². The highest BCUT2D eigenvalue weighted by Gasteiger charge is 2.06. The van der Waals surface area contributed by atoms with Crippen LogP contribution in [0.2, 0.25) is 0 Å². The van der Waals surface area contributed by atoms with Crippen LogP contribution in [0.25, 0.3) is 10.6 Å². The van der Waals surface area contributed by atoms with Crippen molar-refractivity contribution in [2.24, 2.45) is 0 Å². The normalized spacial score (nSPS) is 10.3. The number of rotatable bonds is 4. The van der Waals surface area contributed by atoms with E-state index in [1.54, 1.807) is 42.1 Å². The molecule has 0 aliphatic carbocycles. The Morgan fingerprint density at radius 3 is 2.76 bits per heavy atom. The van der Waals surface area contributed by atoms with Gasteiger partial charge in [0.25, 0.3) is 5.91 Å². The molecule has 0 saturated heterocycles. The number of amides is 1. The van der Waals surface area contributed by atoms with Crippen LogP contribution in [0.5, 0.6) is 0 Å². The number of carbonyl (C=O) groups excluding carboxylic acids is 1. The Morgan fingerprint density at radius 2 is 2.00 bits per heavy atom. The van der Waals surface area contributed by atoms with Crippen molar-refractivity contribution < 1.29 is 4.79 Å². The van der Waals surface area contributed by atoms with Crippen molar-refractivity contribution in [3.05, 3.63) is 71.5 Å². The van der Waals surface area contributed by atoms with Crippen molar-refractivity contribution in [2.45, 2.75) is 6.54 Å². The summed E-state index contributed by atoms with van der Waals surface area (Å²) in [4.78, 5) is 21.4. The number of thiophene rings is 1. The van der Waals surface area contributed by atoms with Crippen LogP contribution in [-0.2, 0) is 6.54 Å². The second kappa shape index (κ2) is 6.28. The van der Waals surface area contributed by atoms with Crippen LogP contribution in [0.3, 0.4) is 0 Å². The Kier molecular flexibility index (Phi) is 4.02. The molecule has 0 fully saturated rings. The van der Waals surface area contributed by atoms with E-state index in [4.69, 9.17) is 0 Å². The van der Waals surface area contributed by atoms with Gasteiger partial charge in [0.2, 0.25) is 0 Å². The van der Waals surface area contributed by atoms with E-state index < -0.39 is 0 Å². The fourth-order valence-electron chi connectivity index (χ4n) is 1.93. The quantitative estimate of drug-likeness (QED) is 0.804. The third-order valence-electron chi connectivity index (χ3n) is 2.99. The first kappa shape index (κ1) is 13.5. The molecule has 3 rings (SSSR count). The Bertz CT molecular complexity index is 726. The predicted octanol–water partition coefficient (Wildman–Crippen LogP) is 3.14. The minimum atomic E-state index is -0.105. The molecule has 0 unspecified atom stereocenters. The van der Waals surface area contributed by atoms with E-state index in [1.165, 1.54) is 0 Å². The minimum absolute atomic E-state index is 0.105. The Morgan fingerprint density at radius 1 is 1.14 bits per heavy atom. The van der Waals surface area contributed by atoms with E-state index in [-0.39, 0.29) is 5.91 Å². The molecule has 0 saturated carbocycles. The lowest BCUT2D eigenvalue weighted by molar-refractivity contribution is 0.0951. The molecule has 0 bridgehead atoms. The Balaban J connectivity index is 1.69. The average molecular weight is 295 g/mol. The highest BCUT2D eigenvalue weighted by atomic mass is 32.1. The second-order valence-electron chi connectivity index (χ2n) is 4.45. The van der Waals surface area contributed by atoms with Gasteiger partial charge in [0.05, 0.1) is 10.6 Å². The van der Waals surface area contributed by atoms with Gasteiger partial charge < -0.3 is 5.32 Å². The number of nitrogens with one attached hydrogen (secondary N) is 1. The molecule has 104 valence electrons. The van der Waals surface area contributed by atoms with Gasteiger partial charge in [-0.1, -0.05) is 6.07 Å². The fourth-order valence-corrected chi connectivity index (χ4v) is 2.62. The highest BCUT2D eigenvalue weighted by Crippen LogP contribution is 2.22. The molecule has 3 aromatic rings. The van der Waals surface area contributed by atoms with Crippen molar-refractivity contribution in [3.8, 4) is 10.6 Å². The van der Waals surface area contributed by atoms with E-state index in [0.717, 1.165) is 16.1 Å². The van der Waals surface area contributed by atoms with Crippen molar-refractivity contribution in [3.63, 3.8) is 0 Å². The number of hydrogen-bond donors (Lipinski definition) is 1. The van der Waals surface area contributed by atoms with Crippen molar-refractivity contribution in [2.75, 3.05) is 0 Å². The zero-order chi connectivity index (χ0) is 14.5. The maximum atomic E-state index is 12.0. The number of aromatic nitrogens is 2. The maximum absolute atomic E-state index is 12.0. The third-order valence-corrected chi connectivity index (χ3v) is 3.89. The molecule has 0 radical (unpaired) electrons. The molecule has 5 heteroatoms. The topological polar surface area (TPSA) is 54.9 Å². The SMILES string of the molecule is O=C(NCc1ccnc(-c2cccs2)c1)c1ccncc1. The van der Waals surface area contributed by atoms with Gasteiger partial charge in [-0.25, -0.2) is 0 Å². The van der Waals surface area contributed by atoms with Crippen LogP contribution in [-0.4, -0.2) is 15.9 Å². The third kappa shape index (κ3) is 3.32. The van der Waals surface area contributed by atoms with Crippen LogP contribution >= 0.6 is 11.3 Å². The Labute approximate surface area is 126 Å². The van der Waals surface area contributed by atoms with Gasteiger partial charge in [-0.3, -0.25) is 14.8 Å². The fraction of sp³-hybridized carbons (Fsp3) is 0.0625. The van der Waals surface area contributed by atoms with E-state index >= 15 is 0 Å². The number of pyridine rings is 2. The van der Waals surface area contributed by atoms with Crippen LogP contribution in [0.1, 0.15) is 15.9 Å². The van der Waals surface area contributed by atoms with Gasteiger partial charge in [-0.05, 0) is 41.3 Å². The molecule has 0 aliphatic heterocycles. The number of hydrogen-bond acceptors (Lipinski definition) is 4. The first-order chi connectivity index (χ1) is 10.3. The smallest absolute Gasteiger partial charge is 0.251 e. The summed E-state index contributed by atoms with van der Waals surface area (Å²) in [5.74, 6) is -0.105. The lowest BCUT2D eigenvalue weighted by Gasteiger charge is -2.06. The zero-order valence-electron chi connectivity index (χ0n) is 11.2. The summed E-state index contributed by atoms with van der Waals surface area (Å²) in [6.07, 6.45) is 4.98. The van der Waals surface area contributed by atoms with Gasteiger partial charge >= 0.3 is 0 Å². The maximum Gasteiger partial charge on any atom is 0.251 e. The predicted molar refractivity (Wildman–Crippen MR) is 83.0 cm³/mol. The molecule has 3 heterocycles. The van der Waals surface area contributed by atoms with Crippen molar-refractivity contribution in [1.29, 1.82) is 0 Å². The molecule has 1 amide bonds. The van der Waals surface area contributed by atoms with Crippen LogP contribution in [0.15, 0.2) is 60.4 Å². The number of carbonyl (C=O) groups is 1. The highest BCUT2D eigenvalue weighted by molar-refractivity contribution is 7.13. The zero-order valence-corrected chi connectivity index (χ0v) is 12.0. The van der Waals surface area contributed by atoms with Gasteiger partial charge in [-0.2, -0.15) is 0 Å². The van der Waals surface area contributed by atoms with Crippen molar-refractivity contribution in [1.82, 2.24) is 15.3 Å². The molecule has 1 N–H and O–H groups in total. The lowest BCUT2D eigenvalue weighted by Crippen LogP contribution is -2.22. The summed E-state index contributed by atoms with van der Waals surface area (Å²) in [5.41, 5.74) is 2.56. The van der Waals surface area contributed by atoms with E-state index in [1.807, 2.05) is 29.6 Å². The van der Waals surface area contributed by atoms with Gasteiger partial charge in [0.1, 0.15) is 0 Å². The van der Waals surface area contributed by atoms with E-state index in [0.29, 0.717) is 12.1 Å². The van der Waals surface area contributed by atoms with E-state index in [2.05, 4.69) is 15.3 Å². The molecule has 0 atom stereocenters. The van der Waals surface area contributed by atoms with Crippen molar-refractivity contribution >= 4 is 17.2 Å². The summed E-state index contributed by atoms with van der Waals surface area (Å²) in [5, 5.41) is 4.92. The molecule has 4 nitrogen and oxygen atoms in total. The Hall–Kier alpha value is -2.53. The summed E-state index contributed by atoms with van der Waals surface area (Å²) < 4.78 is 0. The molecular formula is C16H13N3OS. The molecule has 0 aromatic carbocycles. The molecule has 3 aromatic heterocycles. The first-order valence-electron chi connectivity index (χ1n) is 6.50. The van der Waals surface area contributed by atoms with E-state index in [9.17, 15) is 4.79 Å². The summed E-state index contributed by atoms with van der Waals surface area (Å²) in [6.45, 7) is 0.474. The van der Waals surface area contributed by atoms with Crippen LogP contribution in [0, 0.1) is 0 Å². The summed E-state index contributed by atoms with van der Waals surface area (Å²) in [6, 6.07) is 11.3. The monoisotopic (exact) mass is 295 g/mol. The molecule has 0 spiro atoms. The minimum Gasteiger partial charge on any atom is -0.348 e. The first-order valence-corrected chi connectivity index (χ1v) is 7.38. The number of nitrogens with zero attached hydrogens (tertiary/aromatic N) is 2. The summed E-state index contributed by atoms with van der Waals surface area (Å²) >= 11 is 1.65. The standard InChI is InChI=1S/C16H13N3OS/c20-16(13-4-6-17-7-5-13)19-11-12-3-8-18-14(10-12)15-2-1-9-21-15/h1-10H,11H2,(H,19,20). The van der Waals surface area contributed by atoms with Gasteiger partial charge in [0, 0.05) is 30.7 Å². The molecular weight excluding hydrogens is 282 g/mol. The summed E-state index contributed by atoms with van der Waals surface area (Å²) in [7, 11) is 0. The lowest BCUT2D eigenvalue weighted by atomic mass is 10.2. The van der Waals surface area contributed by atoms with Crippen LogP contribution < -0.4 is 5.32 Å². The second-order valence-corrected chi connectivity index (χ2v) is 5.39. The van der Waals surface area contributed by atoms with Gasteiger partial charge in [-0.15, -0.1) is 11.3 Å². The van der Waals surface area contributed by atoms with Crippen LogP contribution in [0.4, 0.5) is 0 Å². The molecule has 21 heavy (non-hydrogen) atoms. The average Bonchev–Trinajstić information content (AvgIpc) is 3.08.